The third-order valence-corrected chi connectivity index (χ3v) is 5.14. The van der Waals surface area contributed by atoms with Gasteiger partial charge in [-0.05, 0) is 30.5 Å². The molecule has 0 saturated carbocycles. The number of hydrogen-bond donors (Lipinski definition) is 1. The number of hydrogen-bond acceptors (Lipinski definition) is 4. The minimum absolute atomic E-state index is 0.272. The van der Waals surface area contributed by atoms with E-state index in [0.29, 0.717) is 18.1 Å². The van der Waals surface area contributed by atoms with Crippen LogP contribution in [0.3, 0.4) is 0 Å². The average Bonchev–Trinajstić information content (AvgIpc) is 3.35. The third kappa shape index (κ3) is 4.58. The first kappa shape index (κ1) is 19.1. The van der Waals surface area contributed by atoms with E-state index in [2.05, 4.69) is 15.5 Å². The number of aromatic nitrogens is 3. The summed E-state index contributed by atoms with van der Waals surface area (Å²) < 4.78 is 19.0. The van der Waals surface area contributed by atoms with Gasteiger partial charge in [-0.2, -0.15) is 15.0 Å². The van der Waals surface area contributed by atoms with Gasteiger partial charge in [0.1, 0.15) is 17.2 Å². The van der Waals surface area contributed by atoms with Crippen molar-refractivity contribution in [1.29, 1.82) is 0 Å². The van der Waals surface area contributed by atoms with Crippen LogP contribution in [-0.4, -0.2) is 34.2 Å². The number of halogens is 2. The van der Waals surface area contributed by atoms with Crippen LogP contribution in [0.15, 0.2) is 48.5 Å². The third-order valence-electron chi connectivity index (χ3n) is 4.79. The Labute approximate surface area is 168 Å². The van der Waals surface area contributed by atoms with E-state index in [1.807, 2.05) is 30.3 Å². The lowest BCUT2D eigenvalue weighted by molar-refractivity contribution is 0.110. The van der Waals surface area contributed by atoms with E-state index in [-0.39, 0.29) is 11.9 Å². The maximum Gasteiger partial charge on any atom is 0.124 e. The lowest BCUT2D eigenvalue weighted by atomic mass is 10.1. The van der Waals surface area contributed by atoms with Crippen LogP contribution in [0, 0.1) is 5.82 Å². The molecule has 0 bridgehead atoms. The van der Waals surface area contributed by atoms with Gasteiger partial charge in [-0.15, -0.1) is 0 Å². The second-order valence-electron chi connectivity index (χ2n) is 6.89. The van der Waals surface area contributed by atoms with E-state index in [4.69, 9.17) is 16.3 Å². The Morgan fingerprint density at radius 1 is 1.18 bits per heavy atom. The van der Waals surface area contributed by atoms with E-state index < -0.39 is 0 Å². The lowest BCUT2D eigenvalue weighted by Gasteiger charge is -2.10. The topological polar surface area (TPSA) is 52.0 Å². The van der Waals surface area contributed by atoms with Crippen molar-refractivity contribution in [3.05, 3.63) is 70.6 Å². The number of ether oxygens (including phenoxy) is 1. The molecule has 1 aliphatic rings. The van der Waals surface area contributed by atoms with E-state index in [1.165, 1.54) is 12.1 Å². The molecule has 1 fully saturated rings. The van der Waals surface area contributed by atoms with E-state index in [0.717, 1.165) is 48.5 Å². The summed E-state index contributed by atoms with van der Waals surface area (Å²) in [5.74, 6) is -0.355. The maximum atomic E-state index is 13.3. The standard InChI is InChI=1S/C21H22ClFN4O/c22-19-11-17(23)9-8-16(19)14-27-25-20(13-24-12-18-7-4-10-28-18)21(26-27)15-5-2-1-3-6-15/h1-3,5-6,8-9,11,18,24H,4,7,10,12-14H2/t18-/m0/s1. The Morgan fingerprint density at radius 2 is 2.04 bits per heavy atom. The predicted molar refractivity (Wildman–Crippen MR) is 107 cm³/mol. The van der Waals surface area contributed by atoms with Crippen molar-refractivity contribution in [2.75, 3.05) is 13.2 Å². The first-order valence-electron chi connectivity index (χ1n) is 9.45. The van der Waals surface area contributed by atoms with Gasteiger partial charge in [0, 0.05) is 30.3 Å². The van der Waals surface area contributed by atoms with Crippen molar-refractivity contribution in [3.8, 4) is 11.3 Å². The van der Waals surface area contributed by atoms with Gasteiger partial charge in [0.2, 0.25) is 0 Å². The molecule has 28 heavy (non-hydrogen) atoms. The number of nitrogens with zero attached hydrogens (tertiary/aromatic N) is 3. The van der Waals surface area contributed by atoms with Crippen LogP contribution < -0.4 is 5.32 Å². The second kappa shape index (κ2) is 8.82. The van der Waals surface area contributed by atoms with Gasteiger partial charge in [-0.25, -0.2) is 4.39 Å². The molecule has 0 unspecified atom stereocenters. The zero-order valence-electron chi connectivity index (χ0n) is 15.4. The smallest absolute Gasteiger partial charge is 0.124 e. The maximum absolute atomic E-state index is 13.3. The average molecular weight is 401 g/mol. The highest BCUT2D eigenvalue weighted by atomic mass is 35.5. The fourth-order valence-electron chi connectivity index (χ4n) is 3.35. The highest BCUT2D eigenvalue weighted by molar-refractivity contribution is 6.31. The molecule has 1 aromatic heterocycles. The Hall–Kier alpha value is -2.28. The van der Waals surface area contributed by atoms with Gasteiger partial charge >= 0.3 is 0 Å². The highest BCUT2D eigenvalue weighted by Gasteiger charge is 2.17. The minimum Gasteiger partial charge on any atom is -0.377 e. The van der Waals surface area contributed by atoms with Gasteiger partial charge in [0.15, 0.2) is 0 Å². The van der Waals surface area contributed by atoms with Crippen molar-refractivity contribution in [2.24, 2.45) is 0 Å². The monoisotopic (exact) mass is 400 g/mol. The number of benzene rings is 2. The number of rotatable bonds is 7. The van der Waals surface area contributed by atoms with Crippen molar-refractivity contribution in [3.63, 3.8) is 0 Å². The molecule has 0 spiro atoms. The molecule has 3 aromatic rings. The van der Waals surface area contributed by atoms with Crippen LogP contribution in [0.25, 0.3) is 11.3 Å². The number of nitrogens with one attached hydrogen (secondary N) is 1. The lowest BCUT2D eigenvalue weighted by Crippen LogP contribution is -2.26. The van der Waals surface area contributed by atoms with Crippen LogP contribution in [0.4, 0.5) is 4.39 Å². The summed E-state index contributed by atoms with van der Waals surface area (Å²) in [7, 11) is 0. The molecule has 146 valence electrons. The summed E-state index contributed by atoms with van der Waals surface area (Å²) in [6.45, 7) is 2.62. The van der Waals surface area contributed by atoms with Crippen LogP contribution >= 0.6 is 11.6 Å². The van der Waals surface area contributed by atoms with E-state index in [1.54, 1.807) is 10.9 Å². The summed E-state index contributed by atoms with van der Waals surface area (Å²) in [5, 5.41) is 13.1. The van der Waals surface area contributed by atoms with Gasteiger partial charge in [0.05, 0.1) is 12.6 Å². The summed E-state index contributed by atoms with van der Waals surface area (Å²) in [6.07, 6.45) is 2.48. The van der Waals surface area contributed by atoms with Crippen molar-refractivity contribution >= 4 is 11.6 Å². The Morgan fingerprint density at radius 3 is 2.79 bits per heavy atom. The normalized spacial score (nSPS) is 16.6. The molecular formula is C21H22ClFN4O. The molecule has 5 nitrogen and oxygen atoms in total. The molecule has 1 aliphatic heterocycles. The molecule has 0 amide bonds. The molecule has 7 heteroatoms. The molecular weight excluding hydrogens is 379 g/mol. The summed E-state index contributed by atoms with van der Waals surface area (Å²) in [5.41, 5.74) is 3.48. The molecule has 2 aromatic carbocycles. The van der Waals surface area contributed by atoms with Crippen molar-refractivity contribution in [1.82, 2.24) is 20.3 Å². The van der Waals surface area contributed by atoms with Crippen molar-refractivity contribution in [2.45, 2.75) is 32.0 Å². The van der Waals surface area contributed by atoms with Crippen LogP contribution in [0.5, 0.6) is 0 Å². The Bertz CT molecular complexity index is 925. The SMILES string of the molecule is Fc1ccc(Cn2nc(CNC[C@@H]3CCCO3)c(-c3ccccc3)n2)c(Cl)c1. The molecule has 0 radical (unpaired) electrons. The fourth-order valence-corrected chi connectivity index (χ4v) is 3.58. The fraction of sp³-hybridized carbons (Fsp3) is 0.333. The molecule has 2 heterocycles. The highest BCUT2D eigenvalue weighted by Crippen LogP contribution is 2.22. The molecule has 1 N–H and O–H groups in total. The Balaban J connectivity index is 1.54. The quantitative estimate of drug-likeness (QED) is 0.650. The van der Waals surface area contributed by atoms with E-state index in [9.17, 15) is 4.39 Å². The first-order valence-corrected chi connectivity index (χ1v) is 9.82. The van der Waals surface area contributed by atoms with Crippen LogP contribution in [0.2, 0.25) is 5.02 Å². The van der Waals surface area contributed by atoms with Gasteiger partial charge in [-0.3, -0.25) is 0 Å². The van der Waals surface area contributed by atoms with Crippen LogP contribution in [0.1, 0.15) is 24.1 Å². The summed E-state index contributed by atoms with van der Waals surface area (Å²) in [6, 6.07) is 14.3. The second-order valence-corrected chi connectivity index (χ2v) is 7.30. The summed E-state index contributed by atoms with van der Waals surface area (Å²) >= 11 is 6.16. The predicted octanol–water partition coefficient (Wildman–Crippen LogP) is 4.05. The zero-order chi connectivity index (χ0) is 19.3. The van der Waals surface area contributed by atoms with Gasteiger partial charge in [-0.1, -0.05) is 48.0 Å². The minimum atomic E-state index is -0.355. The Kier molecular flexibility index (Phi) is 6.00. The largest absolute Gasteiger partial charge is 0.377 e. The van der Waals surface area contributed by atoms with E-state index >= 15 is 0 Å². The molecule has 1 atom stereocenters. The van der Waals surface area contributed by atoms with Crippen LogP contribution in [-0.2, 0) is 17.8 Å². The zero-order valence-corrected chi connectivity index (χ0v) is 16.2. The molecule has 0 aliphatic carbocycles. The van der Waals surface area contributed by atoms with Crippen molar-refractivity contribution < 1.29 is 9.13 Å². The molecule has 1 saturated heterocycles. The first-order chi connectivity index (χ1) is 13.7. The van der Waals surface area contributed by atoms with Gasteiger partial charge in [0.25, 0.3) is 0 Å². The van der Waals surface area contributed by atoms with Gasteiger partial charge < -0.3 is 10.1 Å². The molecule has 4 rings (SSSR count). The summed E-state index contributed by atoms with van der Waals surface area (Å²) in [4.78, 5) is 1.62.